The van der Waals surface area contributed by atoms with E-state index in [2.05, 4.69) is 10.1 Å². The number of hydrogen-bond donors (Lipinski definition) is 0. The number of hydrogen-bond acceptors (Lipinski definition) is 5. The molecule has 0 aliphatic rings. The van der Waals surface area contributed by atoms with Crippen LogP contribution >= 0.6 is 34.5 Å². The lowest BCUT2D eigenvalue weighted by atomic mass is 10.2. The first-order valence-corrected chi connectivity index (χ1v) is 9.49. The van der Waals surface area contributed by atoms with Crippen LogP contribution in [0.3, 0.4) is 0 Å². The first-order chi connectivity index (χ1) is 12.6. The number of benzene rings is 1. The quantitative estimate of drug-likeness (QED) is 0.528. The molecule has 5 nitrogen and oxygen atoms in total. The average Bonchev–Trinajstić information content (AvgIpc) is 3.30. The molecule has 0 saturated heterocycles. The molecule has 134 valence electrons. The van der Waals surface area contributed by atoms with E-state index >= 15 is 0 Å². The van der Waals surface area contributed by atoms with Crippen molar-refractivity contribution < 1.29 is 9.32 Å². The van der Waals surface area contributed by atoms with Crippen LogP contribution in [0.2, 0.25) is 10.0 Å². The van der Waals surface area contributed by atoms with Crippen LogP contribution in [-0.4, -0.2) is 27.5 Å². The standard InChI is InChI=1S/C18H15Cl2N3O2S/c1-2-23(11-16-21-18(22-25-16)15-4-3-9-26-15)17(24)8-6-12-5-7-13(19)10-14(12)20/h3-10H,2,11H2,1H3. The number of rotatable bonds is 6. The van der Waals surface area contributed by atoms with Crippen molar-refractivity contribution in [3.8, 4) is 10.7 Å². The molecule has 0 saturated carbocycles. The summed E-state index contributed by atoms with van der Waals surface area (Å²) in [5, 5.41) is 6.94. The Morgan fingerprint density at radius 2 is 2.19 bits per heavy atom. The molecule has 0 fully saturated rings. The van der Waals surface area contributed by atoms with Gasteiger partial charge in [-0.2, -0.15) is 4.98 Å². The molecule has 0 spiro atoms. The van der Waals surface area contributed by atoms with Gasteiger partial charge in [0.25, 0.3) is 0 Å². The highest BCUT2D eigenvalue weighted by Crippen LogP contribution is 2.23. The largest absolute Gasteiger partial charge is 0.337 e. The molecule has 1 aromatic carbocycles. The highest BCUT2D eigenvalue weighted by atomic mass is 35.5. The molecule has 0 atom stereocenters. The second-order valence-electron chi connectivity index (χ2n) is 5.34. The first-order valence-electron chi connectivity index (χ1n) is 7.85. The molecule has 26 heavy (non-hydrogen) atoms. The Kier molecular flexibility index (Phi) is 6.08. The molecule has 0 N–H and O–H groups in total. The molecule has 3 rings (SSSR count). The lowest BCUT2D eigenvalue weighted by Gasteiger charge is -2.16. The third-order valence-corrected chi connectivity index (χ3v) is 5.03. The molecule has 1 amide bonds. The molecule has 0 bridgehead atoms. The molecule has 0 radical (unpaired) electrons. The van der Waals surface area contributed by atoms with Gasteiger partial charge in [-0.15, -0.1) is 11.3 Å². The smallest absolute Gasteiger partial charge is 0.247 e. The van der Waals surface area contributed by atoms with Gasteiger partial charge in [-0.05, 0) is 42.1 Å². The molecule has 0 aliphatic heterocycles. The predicted molar refractivity (Wildman–Crippen MR) is 104 cm³/mol. The van der Waals surface area contributed by atoms with Crippen LogP contribution in [0, 0.1) is 0 Å². The lowest BCUT2D eigenvalue weighted by molar-refractivity contribution is -0.126. The predicted octanol–water partition coefficient (Wildman–Crippen LogP) is 5.17. The second kappa shape index (κ2) is 8.49. The van der Waals surface area contributed by atoms with Crippen LogP contribution < -0.4 is 0 Å². The number of amides is 1. The van der Waals surface area contributed by atoms with Gasteiger partial charge in [0.05, 0.1) is 4.88 Å². The van der Waals surface area contributed by atoms with E-state index in [1.54, 1.807) is 29.2 Å². The maximum Gasteiger partial charge on any atom is 0.247 e. The lowest BCUT2D eigenvalue weighted by Crippen LogP contribution is -2.28. The van der Waals surface area contributed by atoms with Gasteiger partial charge in [-0.3, -0.25) is 4.79 Å². The van der Waals surface area contributed by atoms with Crippen molar-refractivity contribution in [1.82, 2.24) is 15.0 Å². The number of halogens is 2. The second-order valence-corrected chi connectivity index (χ2v) is 7.13. The van der Waals surface area contributed by atoms with Crippen LogP contribution in [0.4, 0.5) is 0 Å². The molecule has 2 aromatic heterocycles. The number of carbonyl (C=O) groups is 1. The summed E-state index contributed by atoms with van der Waals surface area (Å²) < 4.78 is 5.26. The van der Waals surface area contributed by atoms with Gasteiger partial charge in [-0.25, -0.2) is 0 Å². The molecule has 8 heteroatoms. The summed E-state index contributed by atoms with van der Waals surface area (Å²) in [4.78, 5) is 19.3. The molecule has 3 aromatic rings. The van der Waals surface area contributed by atoms with E-state index in [1.807, 2.05) is 24.4 Å². The van der Waals surface area contributed by atoms with Crippen molar-refractivity contribution in [2.24, 2.45) is 0 Å². The maximum atomic E-state index is 12.4. The molecule has 0 unspecified atom stereocenters. The summed E-state index contributed by atoms with van der Waals surface area (Å²) in [7, 11) is 0. The van der Waals surface area contributed by atoms with Gasteiger partial charge in [0.15, 0.2) is 0 Å². The fraction of sp³-hybridized carbons (Fsp3) is 0.167. The fourth-order valence-corrected chi connectivity index (χ4v) is 3.36. The number of nitrogens with zero attached hydrogens (tertiary/aromatic N) is 3. The summed E-state index contributed by atoms with van der Waals surface area (Å²) in [5.41, 5.74) is 0.721. The highest BCUT2D eigenvalue weighted by Gasteiger charge is 2.15. The Balaban J connectivity index is 1.68. The van der Waals surface area contributed by atoms with E-state index in [-0.39, 0.29) is 12.5 Å². The average molecular weight is 408 g/mol. The first kappa shape index (κ1) is 18.6. The van der Waals surface area contributed by atoms with Crippen molar-refractivity contribution in [3.63, 3.8) is 0 Å². The van der Waals surface area contributed by atoms with Crippen molar-refractivity contribution in [1.29, 1.82) is 0 Å². The van der Waals surface area contributed by atoms with Gasteiger partial charge in [-0.1, -0.05) is 40.5 Å². The van der Waals surface area contributed by atoms with E-state index in [4.69, 9.17) is 27.7 Å². The number of likely N-dealkylation sites (N-methyl/N-ethyl adjacent to an activating group) is 1. The minimum Gasteiger partial charge on any atom is -0.337 e. The van der Waals surface area contributed by atoms with Gasteiger partial charge in [0.2, 0.25) is 17.6 Å². The normalized spacial score (nSPS) is 11.2. The van der Waals surface area contributed by atoms with E-state index in [1.165, 1.54) is 17.4 Å². The summed E-state index contributed by atoms with van der Waals surface area (Å²) in [6, 6.07) is 8.95. The fourth-order valence-electron chi connectivity index (χ4n) is 2.24. The Labute approximate surface area is 164 Å². The van der Waals surface area contributed by atoms with E-state index in [0.29, 0.717) is 28.3 Å². The topological polar surface area (TPSA) is 59.2 Å². The van der Waals surface area contributed by atoms with Gasteiger partial charge < -0.3 is 9.42 Å². The van der Waals surface area contributed by atoms with Crippen molar-refractivity contribution >= 4 is 46.5 Å². The van der Waals surface area contributed by atoms with Crippen LogP contribution in [0.1, 0.15) is 18.4 Å². The van der Waals surface area contributed by atoms with Gasteiger partial charge in [0.1, 0.15) is 6.54 Å². The molecule has 0 aliphatic carbocycles. The Hall–Kier alpha value is -2.15. The zero-order valence-electron chi connectivity index (χ0n) is 13.9. The van der Waals surface area contributed by atoms with Crippen molar-refractivity contribution in [2.75, 3.05) is 6.54 Å². The van der Waals surface area contributed by atoms with Crippen molar-refractivity contribution in [3.05, 3.63) is 63.3 Å². The van der Waals surface area contributed by atoms with E-state index in [9.17, 15) is 4.79 Å². The Morgan fingerprint density at radius 1 is 1.35 bits per heavy atom. The Morgan fingerprint density at radius 3 is 2.88 bits per heavy atom. The molecular weight excluding hydrogens is 393 g/mol. The number of thiophene rings is 1. The molecule has 2 heterocycles. The van der Waals surface area contributed by atoms with E-state index < -0.39 is 0 Å². The van der Waals surface area contributed by atoms with Crippen LogP contribution in [0.5, 0.6) is 0 Å². The number of carbonyl (C=O) groups excluding carboxylic acids is 1. The summed E-state index contributed by atoms with van der Waals surface area (Å²) in [5.74, 6) is 0.748. The summed E-state index contributed by atoms with van der Waals surface area (Å²) in [6.07, 6.45) is 3.13. The zero-order valence-corrected chi connectivity index (χ0v) is 16.2. The van der Waals surface area contributed by atoms with Crippen LogP contribution in [0.25, 0.3) is 16.8 Å². The Bertz CT molecular complexity index is 922. The van der Waals surface area contributed by atoms with Gasteiger partial charge >= 0.3 is 0 Å². The van der Waals surface area contributed by atoms with Crippen LogP contribution in [0.15, 0.2) is 46.3 Å². The van der Waals surface area contributed by atoms with Gasteiger partial charge in [0, 0.05) is 22.7 Å². The van der Waals surface area contributed by atoms with E-state index in [0.717, 1.165) is 10.4 Å². The highest BCUT2D eigenvalue weighted by molar-refractivity contribution is 7.13. The maximum absolute atomic E-state index is 12.4. The molecular formula is C18H15Cl2N3O2S. The van der Waals surface area contributed by atoms with Crippen LogP contribution in [-0.2, 0) is 11.3 Å². The zero-order chi connectivity index (χ0) is 18.5. The third-order valence-electron chi connectivity index (χ3n) is 3.60. The van der Waals surface area contributed by atoms with Crippen molar-refractivity contribution in [2.45, 2.75) is 13.5 Å². The monoisotopic (exact) mass is 407 g/mol. The minimum absolute atomic E-state index is 0.172. The summed E-state index contributed by atoms with van der Waals surface area (Å²) >= 11 is 13.5. The third kappa shape index (κ3) is 4.52. The SMILES string of the molecule is CCN(Cc1nc(-c2cccs2)no1)C(=O)C=Cc1ccc(Cl)cc1Cl. The number of aromatic nitrogens is 2. The summed E-state index contributed by atoms with van der Waals surface area (Å²) in [6.45, 7) is 2.64. The minimum atomic E-state index is -0.172.